The van der Waals surface area contributed by atoms with Crippen molar-refractivity contribution in [2.24, 2.45) is 11.7 Å². The van der Waals surface area contributed by atoms with Gasteiger partial charge in [0, 0.05) is 23.4 Å². The maximum absolute atomic E-state index is 11.1. The summed E-state index contributed by atoms with van der Waals surface area (Å²) in [6.45, 7) is 4.17. The van der Waals surface area contributed by atoms with E-state index in [9.17, 15) is 4.79 Å². The maximum Gasteiger partial charge on any atom is 0.220 e. The number of nitrogens with two attached hydrogens (primary N) is 1. The number of aromatic nitrogens is 1. The third kappa shape index (κ3) is 3.29. The van der Waals surface area contributed by atoms with Gasteiger partial charge in [0.2, 0.25) is 5.91 Å². The molecule has 2 rings (SSSR count). The number of carbonyl (C=O) groups is 1. The zero-order valence-electron chi connectivity index (χ0n) is 11.0. The summed E-state index contributed by atoms with van der Waals surface area (Å²) in [5.74, 6) is -0.0588. The van der Waals surface area contributed by atoms with Gasteiger partial charge in [-0.15, -0.1) is 11.3 Å². The van der Waals surface area contributed by atoms with Crippen molar-refractivity contribution in [3.63, 3.8) is 0 Å². The number of thiazole rings is 1. The Morgan fingerprint density at radius 2 is 2.17 bits per heavy atom. The van der Waals surface area contributed by atoms with Crippen LogP contribution in [0.15, 0.2) is 5.38 Å². The second-order valence-electron chi connectivity index (χ2n) is 5.13. The Bertz CT molecular complexity index is 410. The second kappa shape index (κ2) is 5.80. The average molecular weight is 267 g/mol. The van der Waals surface area contributed by atoms with Crippen LogP contribution in [-0.2, 0) is 4.79 Å². The van der Waals surface area contributed by atoms with Gasteiger partial charge in [0.1, 0.15) is 0 Å². The Labute approximate surface area is 112 Å². The summed E-state index contributed by atoms with van der Waals surface area (Å²) in [4.78, 5) is 15.6. The summed E-state index contributed by atoms with van der Waals surface area (Å²) >= 11 is 1.69. The molecule has 4 nitrogen and oxygen atoms in total. The van der Waals surface area contributed by atoms with E-state index in [1.165, 1.54) is 0 Å². The zero-order chi connectivity index (χ0) is 13.1. The monoisotopic (exact) mass is 267 g/mol. The van der Waals surface area contributed by atoms with E-state index in [1.54, 1.807) is 11.3 Å². The van der Waals surface area contributed by atoms with Gasteiger partial charge in [0.15, 0.2) is 0 Å². The Morgan fingerprint density at radius 1 is 1.50 bits per heavy atom. The van der Waals surface area contributed by atoms with E-state index in [1.807, 2.05) is 6.92 Å². The van der Waals surface area contributed by atoms with Crippen molar-refractivity contribution < 1.29 is 4.79 Å². The van der Waals surface area contributed by atoms with Crippen LogP contribution < -0.4 is 11.1 Å². The van der Waals surface area contributed by atoms with Crippen molar-refractivity contribution in [3.8, 4) is 0 Å². The molecule has 1 atom stereocenters. The highest BCUT2D eigenvalue weighted by atomic mass is 32.1. The standard InChI is InChI=1S/C13H21N3OS/c1-8(12-7-18-9(2)16-12)15-11-5-3-10(4-6-11)13(14)17/h7-8,10-11,15H,3-6H2,1-2H3,(H2,14,17). The Morgan fingerprint density at radius 3 is 2.67 bits per heavy atom. The highest BCUT2D eigenvalue weighted by molar-refractivity contribution is 7.09. The third-order valence-electron chi connectivity index (χ3n) is 3.70. The molecule has 0 saturated heterocycles. The molecule has 1 fully saturated rings. The number of nitrogens with one attached hydrogen (secondary N) is 1. The molecule has 0 spiro atoms. The molecular formula is C13H21N3OS. The first-order chi connectivity index (χ1) is 8.56. The lowest BCUT2D eigenvalue weighted by Crippen LogP contribution is -2.37. The lowest BCUT2D eigenvalue weighted by atomic mass is 9.85. The van der Waals surface area contributed by atoms with E-state index in [4.69, 9.17) is 5.73 Å². The molecule has 1 amide bonds. The van der Waals surface area contributed by atoms with Gasteiger partial charge in [-0.05, 0) is 39.5 Å². The largest absolute Gasteiger partial charge is 0.369 e. The summed E-state index contributed by atoms with van der Waals surface area (Å²) < 4.78 is 0. The molecule has 1 unspecified atom stereocenters. The minimum absolute atomic E-state index is 0.0832. The number of rotatable bonds is 4. The molecule has 5 heteroatoms. The summed E-state index contributed by atoms with van der Waals surface area (Å²) in [6, 6.07) is 0.766. The van der Waals surface area contributed by atoms with E-state index in [0.717, 1.165) is 36.4 Å². The molecule has 0 bridgehead atoms. The summed E-state index contributed by atoms with van der Waals surface area (Å²) in [5.41, 5.74) is 6.46. The van der Waals surface area contributed by atoms with E-state index < -0.39 is 0 Å². The van der Waals surface area contributed by atoms with Gasteiger partial charge in [-0.2, -0.15) is 0 Å². The average Bonchev–Trinajstić information content (AvgIpc) is 2.76. The number of hydrogen-bond acceptors (Lipinski definition) is 4. The van der Waals surface area contributed by atoms with Gasteiger partial charge >= 0.3 is 0 Å². The summed E-state index contributed by atoms with van der Waals surface area (Å²) in [7, 11) is 0. The predicted octanol–water partition coefficient (Wildman–Crippen LogP) is 2.15. The molecule has 1 aromatic rings. The minimum Gasteiger partial charge on any atom is -0.369 e. The lowest BCUT2D eigenvalue weighted by molar-refractivity contribution is -0.122. The van der Waals surface area contributed by atoms with Crippen LogP contribution in [-0.4, -0.2) is 16.9 Å². The molecular weight excluding hydrogens is 246 g/mol. The zero-order valence-corrected chi connectivity index (χ0v) is 11.8. The topological polar surface area (TPSA) is 68.0 Å². The third-order valence-corrected chi connectivity index (χ3v) is 4.49. The highest BCUT2D eigenvalue weighted by Crippen LogP contribution is 2.26. The van der Waals surface area contributed by atoms with Gasteiger partial charge in [-0.3, -0.25) is 4.79 Å². The number of primary amides is 1. The molecule has 1 heterocycles. The number of aryl methyl sites for hydroxylation is 1. The van der Waals surface area contributed by atoms with Crippen molar-refractivity contribution in [3.05, 3.63) is 16.1 Å². The fraction of sp³-hybridized carbons (Fsp3) is 0.692. The molecule has 1 aromatic heterocycles. The van der Waals surface area contributed by atoms with Crippen molar-refractivity contribution in [1.82, 2.24) is 10.3 Å². The van der Waals surface area contributed by atoms with Gasteiger partial charge in [-0.25, -0.2) is 4.98 Å². The van der Waals surface area contributed by atoms with Crippen LogP contribution >= 0.6 is 11.3 Å². The van der Waals surface area contributed by atoms with E-state index in [2.05, 4.69) is 22.6 Å². The number of amides is 1. The van der Waals surface area contributed by atoms with Crippen molar-refractivity contribution >= 4 is 17.2 Å². The molecule has 0 aromatic carbocycles. The van der Waals surface area contributed by atoms with Crippen LogP contribution in [0.5, 0.6) is 0 Å². The van der Waals surface area contributed by atoms with Crippen LogP contribution in [0, 0.1) is 12.8 Å². The lowest BCUT2D eigenvalue weighted by Gasteiger charge is -2.29. The first-order valence-electron chi connectivity index (χ1n) is 6.53. The van der Waals surface area contributed by atoms with Crippen molar-refractivity contribution in [2.75, 3.05) is 0 Å². The molecule has 1 aliphatic rings. The minimum atomic E-state index is -0.142. The number of hydrogen-bond donors (Lipinski definition) is 2. The fourth-order valence-electron chi connectivity index (χ4n) is 2.56. The molecule has 0 aliphatic heterocycles. The van der Waals surface area contributed by atoms with E-state index in [0.29, 0.717) is 6.04 Å². The first kappa shape index (κ1) is 13.5. The highest BCUT2D eigenvalue weighted by Gasteiger charge is 2.25. The number of nitrogens with zero attached hydrogens (tertiary/aromatic N) is 1. The molecule has 100 valence electrons. The van der Waals surface area contributed by atoms with Crippen LogP contribution in [0.4, 0.5) is 0 Å². The molecule has 3 N–H and O–H groups in total. The second-order valence-corrected chi connectivity index (χ2v) is 6.19. The van der Waals surface area contributed by atoms with Crippen LogP contribution in [0.25, 0.3) is 0 Å². The van der Waals surface area contributed by atoms with Crippen LogP contribution in [0.3, 0.4) is 0 Å². The Hall–Kier alpha value is -0.940. The molecule has 0 radical (unpaired) electrons. The first-order valence-corrected chi connectivity index (χ1v) is 7.41. The Kier molecular flexibility index (Phi) is 4.35. The summed E-state index contributed by atoms with van der Waals surface area (Å²) in [5, 5.41) is 6.82. The molecule has 1 saturated carbocycles. The summed E-state index contributed by atoms with van der Waals surface area (Å²) in [6.07, 6.45) is 3.88. The fourth-order valence-corrected chi connectivity index (χ4v) is 3.27. The van der Waals surface area contributed by atoms with Gasteiger partial charge in [0.05, 0.1) is 10.7 Å². The van der Waals surface area contributed by atoms with Crippen molar-refractivity contribution in [2.45, 2.75) is 51.6 Å². The van der Waals surface area contributed by atoms with Gasteiger partial charge < -0.3 is 11.1 Å². The van der Waals surface area contributed by atoms with Crippen LogP contribution in [0.2, 0.25) is 0 Å². The van der Waals surface area contributed by atoms with Crippen LogP contribution in [0.1, 0.15) is 49.4 Å². The predicted molar refractivity (Wildman–Crippen MR) is 73.3 cm³/mol. The SMILES string of the molecule is Cc1nc(C(C)NC2CCC(C(N)=O)CC2)cs1. The smallest absolute Gasteiger partial charge is 0.220 e. The molecule has 18 heavy (non-hydrogen) atoms. The van der Waals surface area contributed by atoms with Crippen molar-refractivity contribution in [1.29, 1.82) is 0 Å². The van der Waals surface area contributed by atoms with Gasteiger partial charge in [0.25, 0.3) is 0 Å². The van der Waals surface area contributed by atoms with E-state index >= 15 is 0 Å². The van der Waals surface area contributed by atoms with Gasteiger partial charge in [-0.1, -0.05) is 0 Å². The number of carbonyl (C=O) groups excluding carboxylic acids is 1. The quantitative estimate of drug-likeness (QED) is 0.878. The van der Waals surface area contributed by atoms with E-state index in [-0.39, 0.29) is 17.9 Å². The Balaban J connectivity index is 1.83. The molecule has 1 aliphatic carbocycles. The maximum atomic E-state index is 11.1. The normalized spacial score (nSPS) is 25.9.